The number of carboxylic acids is 1. The van der Waals surface area contributed by atoms with Crippen molar-refractivity contribution < 1.29 is 14.6 Å². The average molecular weight is 242 g/mol. The van der Waals surface area contributed by atoms with Crippen molar-refractivity contribution in [3.63, 3.8) is 0 Å². The number of hydrogen-bond acceptors (Lipinski definition) is 3. The Bertz CT molecular complexity index is 379. The summed E-state index contributed by atoms with van der Waals surface area (Å²) < 4.78 is 5.17. The van der Waals surface area contributed by atoms with Crippen LogP contribution in [0.1, 0.15) is 0 Å². The number of aliphatic carboxylic acids is 1. The van der Waals surface area contributed by atoms with Crippen LogP contribution in [-0.2, 0) is 9.53 Å². The Hall–Kier alpha value is -1.26. The van der Waals surface area contributed by atoms with Crippen molar-refractivity contribution in [2.24, 2.45) is 0 Å². The zero-order valence-corrected chi connectivity index (χ0v) is 9.35. The molecule has 1 saturated heterocycles. The highest BCUT2D eigenvalue weighted by molar-refractivity contribution is 6.30. The predicted octanol–water partition coefficient (Wildman–Crippen LogP) is 1.63. The minimum Gasteiger partial charge on any atom is -0.480 e. The molecule has 0 aromatic heterocycles. The van der Waals surface area contributed by atoms with Gasteiger partial charge < -0.3 is 14.7 Å². The van der Waals surface area contributed by atoms with Gasteiger partial charge in [-0.3, -0.25) is 0 Å². The highest BCUT2D eigenvalue weighted by atomic mass is 35.5. The highest BCUT2D eigenvalue weighted by Crippen LogP contribution is 2.22. The van der Waals surface area contributed by atoms with E-state index in [1.54, 1.807) is 12.1 Å². The summed E-state index contributed by atoms with van der Waals surface area (Å²) in [6.45, 7) is 1.35. The van der Waals surface area contributed by atoms with Crippen molar-refractivity contribution in [2.45, 2.75) is 6.04 Å². The molecule has 16 heavy (non-hydrogen) atoms. The van der Waals surface area contributed by atoms with E-state index in [2.05, 4.69) is 0 Å². The molecule has 1 aliphatic rings. The largest absolute Gasteiger partial charge is 0.480 e. The lowest BCUT2D eigenvalue weighted by atomic mass is 10.2. The minimum atomic E-state index is -0.866. The van der Waals surface area contributed by atoms with E-state index in [4.69, 9.17) is 21.4 Å². The Morgan fingerprint density at radius 1 is 1.44 bits per heavy atom. The summed E-state index contributed by atoms with van der Waals surface area (Å²) in [6.07, 6.45) is 0. The molecule has 1 N–H and O–H groups in total. The van der Waals surface area contributed by atoms with Gasteiger partial charge in [0.25, 0.3) is 0 Å². The number of morpholine rings is 1. The molecule has 86 valence electrons. The fourth-order valence-electron chi connectivity index (χ4n) is 1.75. The average Bonchev–Trinajstić information content (AvgIpc) is 2.30. The molecule has 0 bridgehead atoms. The first kappa shape index (κ1) is 11.2. The van der Waals surface area contributed by atoms with E-state index in [1.165, 1.54) is 0 Å². The molecule has 4 nitrogen and oxygen atoms in total. The molecule has 0 spiro atoms. The van der Waals surface area contributed by atoms with Gasteiger partial charge in [0.15, 0.2) is 6.04 Å². The number of halogens is 1. The number of nitrogens with zero attached hydrogens (tertiary/aromatic N) is 1. The molecule has 0 radical (unpaired) electrons. The Kier molecular flexibility index (Phi) is 3.31. The van der Waals surface area contributed by atoms with Crippen LogP contribution in [0.3, 0.4) is 0 Å². The van der Waals surface area contributed by atoms with Gasteiger partial charge in [0, 0.05) is 17.3 Å². The first-order chi connectivity index (χ1) is 7.68. The maximum Gasteiger partial charge on any atom is 0.328 e. The van der Waals surface area contributed by atoms with Crippen molar-refractivity contribution >= 4 is 23.3 Å². The number of carbonyl (C=O) groups is 1. The molecule has 1 aromatic rings. The van der Waals surface area contributed by atoms with Crippen LogP contribution in [0.4, 0.5) is 5.69 Å². The smallest absolute Gasteiger partial charge is 0.328 e. The Balaban J connectivity index is 2.23. The van der Waals surface area contributed by atoms with Gasteiger partial charge in [-0.05, 0) is 24.3 Å². The zero-order chi connectivity index (χ0) is 11.5. The Morgan fingerprint density at radius 3 is 2.75 bits per heavy atom. The summed E-state index contributed by atoms with van der Waals surface area (Å²) >= 11 is 5.79. The fraction of sp³-hybridized carbons (Fsp3) is 0.364. The highest BCUT2D eigenvalue weighted by Gasteiger charge is 2.29. The lowest BCUT2D eigenvalue weighted by Gasteiger charge is -2.34. The van der Waals surface area contributed by atoms with Gasteiger partial charge in [-0.2, -0.15) is 0 Å². The monoisotopic (exact) mass is 241 g/mol. The summed E-state index contributed by atoms with van der Waals surface area (Å²) in [4.78, 5) is 12.9. The van der Waals surface area contributed by atoms with Crippen LogP contribution in [0.15, 0.2) is 24.3 Å². The second-order valence-corrected chi connectivity index (χ2v) is 4.04. The molecule has 1 atom stereocenters. The van der Waals surface area contributed by atoms with E-state index in [0.29, 0.717) is 18.2 Å². The van der Waals surface area contributed by atoms with Gasteiger partial charge in [-0.1, -0.05) is 11.6 Å². The summed E-state index contributed by atoms with van der Waals surface area (Å²) in [6, 6.07) is 6.54. The van der Waals surface area contributed by atoms with Crippen LogP contribution < -0.4 is 4.90 Å². The van der Waals surface area contributed by atoms with Crippen molar-refractivity contribution in [3.05, 3.63) is 29.3 Å². The van der Waals surface area contributed by atoms with Crippen LogP contribution in [0.5, 0.6) is 0 Å². The number of carboxylic acid groups (broad SMARTS) is 1. The van der Waals surface area contributed by atoms with Gasteiger partial charge in [0.2, 0.25) is 0 Å². The molecule has 1 heterocycles. The third kappa shape index (κ3) is 2.28. The standard InChI is InChI=1S/C11H12ClNO3/c12-8-1-3-9(4-2-8)13-5-6-16-7-10(13)11(14)15/h1-4,10H,5-7H2,(H,14,15). The number of rotatable bonds is 2. The molecule has 0 saturated carbocycles. The molecule has 0 aliphatic carbocycles. The second kappa shape index (κ2) is 4.72. The van der Waals surface area contributed by atoms with Crippen LogP contribution >= 0.6 is 11.6 Å². The topological polar surface area (TPSA) is 49.8 Å². The van der Waals surface area contributed by atoms with E-state index in [9.17, 15) is 4.79 Å². The summed E-state index contributed by atoms with van der Waals surface area (Å²) in [5, 5.41) is 9.72. The van der Waals surface area contributed by atoms with Crippen LogP contribution in [0.25, 0.3) is 0 Å². The lowest BCUT2D eigenvalue weighted by Crippen LogP contribution is -2.50. The van der Waals surface area contributed by atoms with Crippen LogP contribution in [0, 0.1) is 0 Å². The minimum absolute atomic E-state index is 0.220. The summed E-state index contributed by atoms with van der Waals surface area (Å²) in [5.41, 5.74) is 0.861. The number of anilines is 1. The fourth-order valence-corrected chi connectivity index (χ4v) is 1.88. The molecule has 5 heteroatoms. The zero-order valence-electron chi connectivity index (χ0n) is 8.60. The normalized spacial score (nSPS) is 20.8. The van der Waals surface area contributed by atoms with Gasteiger partial charge in [-0.25, -0.2) is 4.79 Å². The maximum atomic E-state index is 11.1. The van der Waals surface area contributed by atoms with E-state index in [1.807, 2.05) is 17.0 Å². The Morgan fingerprint density at radius 2 is 2.12 bits per heavy atom. The number of hydrogen-bond donors (Lipinski definition) is 1. The number of ether oxygens (including phenoxy) is 1. The summed E-state index contributed by atoms with van der Waals surface area (Å²) in [7, 11) is 0. The molecule has 1 aliphatic heterocycles. The quantitative estimate of drug-likeness (QED) is 0.855. The van der Waals surface area contributed by atoms with Crippen molar-refractivity contribution in [2.75, 3.05) is 24.7 Å². The molecular weight excluding hydrogens is 230 g/mol. The first-order valence-electron chi connectivity index (χ1n) is 5.01. The molecule has 1 aromatic carbocycles. The molecule has 2 rings (SSSR count). The van der Waals surface area contributed by atoms with E-state index in [-0.39, 0.29) is 6.61 Å². The SMILES string of the molecule is O=C(O)C1COCCN1c1ccc(Cl)cc1. The van der Waals surface area contributed by atoms with Crippen LogP contribution in [0.2, 0.25) is 5.02 Å². The third-order valence-electron chi connectivity index (χ3n) is 2.57. The third-order valence-corrected chi connectivity index (χ3v) is 2.82. The van der Waals surface area contributed by atoms with Gasteiger partial charge in [0.1, 0.15) is 0 Å². The van der Waals surface area contributed by atoms with Crippen molar-refractivity contribution in [1.29, 1.82) is 0 Å². The van der Waals surface area contributed by atoms with E-state index < -0.39 is 12.0 Å². The van der Waals surface area contributed by atoms with Gasteiger partial charge >= 0.3 is 5.97 Å². The van der Waals surface area contributed by atoms with E-state index in [0.717, 1.165) is 5.69 Å². The van der Waals surface area contributed by atoms with Crippen LogP contribution in [-0.4, -0.2) is 36.9 Å². The summed E-state index contributed by atoms with van der Waals surface area (Å²) in [5.74, 6) is -0.866. The van der Waals surface area contributed by atoms with Crippen molar-refractivity contribution in [3.8, 4) is 0 Å². The lowest BCUT2D eigenvalue weighted by molar-refractivity contribution is -0.141. The number of benzene rings is 1. The maximum absolute atomic E-state index is 11.1. The molecule has 0 amide bonds. The molecule has 1 unspecified atom stereocenters. The van der Waals surface area contributed by atoms with Crippen molar-refractivity contribution in [1.82, 2.24) is 0 Å². The van der Waals surface area contributed by atoms with Gasteiger partial charge in [0.05, 0.1) is 13.2 Å². The molecule has 1 fully saturated rings. The predicted molar refractivity (Wildman–Crippen MR) is 61.0 cm³/mol. The second-order valence-electron chi connectivity index (χ2n) is 3.60. The molecular formula is C11H12ClNO3. The Labute approximate surface area is 98.4 Å². The van der Waals surface area contributed by atoms with E-state index >= 15 is 0 Å². The van der Waals surface area contributed by atoms with Gasteiger partial charge in [-0.15, -0.1) is 0 Å². The first-order valence-corrected chi connectivity index (χ1v) is 5.39.